The van der Waals surface area contributed by atoms with Gasteiger partial charge in [-0.1, -0.05) is 17.7 Å². The van der Waals surface area contributed by atoms with E-state index in [0.717, 1.165) is 5.56 Å². The molecule has 2 N–H and O–H groups in total. The molecule has 0 aliphatic carbocycles. The summed E-state index contributed by atoms with van der Waals surface area (Å²) >= 11 is 0. The van der Waals surface area contributed by atoms with E-state index in [4.69, 9.17) is 4.74 Å². The lowest BCUT2D eigenvalue weighted by molar-refractivity contribution is -0.128. The Labute approximate surface area is 138 Å². The molecule has 0 unspecified atom stereocenters. The topological polar surface area (TPSA) is 87.7 Å². The van der Waals surface area contributed by atoms with E-state index in [0.29, 0.717) is 19.7 Å². The Balaban J connectivity index is 2.37. The van der Waals surface area contributed by atoms with Gasteiger partial charge in [-0.25, -0.2) is 13.1 Å². The van der Waals surface area contributed by atoms with Gasteiger partial charge in [-0.05, 0) is 19.1 Å². The average molecular weight is 343 g/mol. The quantitative estimate of drug-likeness (QED) is 0.583. The van der Waals surface area contributed by atoms with Crippen molar-refractivity contribution in [2.75, 3.05) is 46.9 Å². The van der Waals surface area contributed by atoms with E-state index < -0.39 is 10.0 Å². The van der Waals surface area contributed by atoms with Crippen LogP contribution in [0, 0.1) is 6.92 Å². The number of ether oxygens (including phenoxy) is 1. The number of hydrogen-bond acceptors (Lipinski definition) is 5. The van der Waals surface area contributed by atoms with Gasteiger partial charge in [0.25, 0.3) is 0 Å². The van der Waals surface area contributed by atoms with Crippen LogP contribution in [0.15, 0.2) is 29.2 Å². The van der Waals surface area contributed by atoms with Gasteiger partial charge in [0.05, 0.1) is 18.0 Å². The van der Waals surface area contributed by atoms with E-state index in [1.54, 1.807) is 38.4 Å². The highest BCUT2D eigenvalue weighted by Crippen LogP contribution is 2.09. The highest BCUT2D eigenvalue weighted by atomic mass is 32.2. The molecular weight excluding hydrogens is 318 g/mol. The number of aryl methyl sites for hydroxylation is 1. The highest BCUT2D eigenvalue weighted by molar-refractivity contribution is 7.89. The molecule has 130 valence electrons. The zero-order chi connectivity index (χ0) is 17.3. The molecular formula is C15H25N3O4S. The Morgan fingerprint density at radius 2 is 1.87 bits per heavy atom. The predicted octanol–water partition coefficient (Wildman–Crippen LogP) is -0.0323. The summed E-state index contributed by atoms with van der Waals surface area (Å²) in [5, 5.41) is 2.95. The maximum Gasteiger partial charge on any atom is 0.240 e. The summed E-state index contributed by atoms with van der Waals surface area (Å²) in [7, 11) is -0.310. The van der Waals surface area contributed by atoms with E-state index in [1.807, 2.05) is 6.92 Å². The van der Waals surface area contributed by atoms with Crippen molar-refractivity contribution in [3.63, 3.8) is 0 Å². The molecule has 7 nitrogen and oxygen atoms in total. The minimum absolute atomic E-state index is 0.101. The summed E-state index contributed by atoms with van der Waals surface area (Å²) in [6.45, 7) is 3.69. The second-order valence-corrected chi connectivity index (χ2v) is 6.96. The molecule has 0 spiro atoms. The Hall–Kier alpha value is -1.48. The molecule has 23 heavy (non-hydrogen) atoms. The number of carbonyl (C=O) groups excluding carboxylic acids is 1. The lowest BCUT2D eigenvalue weighted by atomic mass is 10.2. The fraction of sp³-hybridized carbons (Fsp3) is 0.533. The van der Waals surface area contributed by atoms with Crippen LogP contribution in [0.2, 0.25) is 0 Å². The first kappa shape index (κ1) is 19.6. The first-order chi connectivity index (χ1) is 10.9. The van der Waals surface area contributed by atoms with Gasteiger partial charge in [-0.3, -0.25) is 4.79 Å². The van der Waals surface area contributed by atoms with Crippen LogP contribution >= 0.6 is 0 Å². The third-order valence-corrected chi connectivity index (χ3v) is 4.73. The number of methoxy groups -OCH3 is 1. The molecule has 8 heteroatoms. The molecule has 1 amide bonds. The molecule has 0 bridgehead atoms. The summed E-state index contributed by atoms with van der Waals surface area (Å²) in [5.74, 6) is -0.101. The molecule has 0 heterocycles. The van der Waals surface area contributed by atoms with Gasteiger partial charge in [0.2, 0.25) is 15.9 Å². The van der Waals surface area contributed by atoms with Crippen molar-refractivity contribution in [3.8, 4) is 0 Å². The summed E-state index contributed by atoms with van der Waals surface area (Å²) in [4.78, 5) is 13.5. The van der Waals surface area contributed by atoms with E-state index >= 15 is 0 Å². The average Bonchev–Trinajstić information content (AvgIpc) is 2.51. The molecule has 1 rings (SSSR count). The van der Waals surface area contributed by atoms with Gasteiger partial charge in [0.15, 0.2) is 0 Å². The molecule has 1 aromatic carbocycles. The number of nitrogens with one attached hydrogen (secondary N) is 2. The van der Waals surface area contributed by atoms with E-state index in [2.05, 4.69) is 10.0 Å². The molecule has 0 radical (unpaired) electrons. The monoisotopic (exact) mass is 343 g/mol. The number of sulfonamides is 1. The number of carbonyl (C=O) groups is 1. The van der Waals surface area contributed by atoms with Gasteiger partial charge in [0.1, 0.15) is 0 Å². The molecule has 0 atom stereocenters. The van der Waals surface area contributed by atoms with Crippen molar-refractivity contribution in [1.82, 2.24) is 14.9 Å². The van der Waals surface area contributed by atoms with Crippen LogP contribution in [-0.4, -0.2) is 66.2 Å². The Morgan fingerprint density at radius 3 is 2.48 bits per heavy atom. The number of amides is 1. The van der Waals surface area contributed by atoms with Crippen LogP contribution in [0.25, 0.3) is 0 Å². The smallest absolute Gasteiger partial charge is 0.240 e. The largest absolute Gasteiger partial charge is 0.383 e. The van der Waals surface area contributed by atoms with Crippen molar-refractivity contribution in [3.05, 3.63) is 29.8 Å². The van der Waals surface area contributed by atoms with Gasteiger partial charge in [-0.2, -0.15) is 0 Å². The van der Waals surface area contributed by atoms with Crippen LogP contribution in [-0.2, 0) is 19.6 Å². The first-order valence-corrected chi connectivity index (χ1v) is 8.85. The van der Waals surface area contributed by atoms with Gasteiger partial charge in [0, 0.05) is 33.8 Å². The molecule has 0 saturated heterocycles. The van der Waals surface area contributed by atoms with E-state index in [-0.39, 0.29) is 23.9 Å². The van der Waals surface area contributed by atoms with Crippen LogP contribution in [0.1, 0.15) is 5.56 Å². The molecule has 0 saturated carbocycles. The second kappa shape index (κ2) is 9.61. The van der Waals surface area contributed by atoms with Crippen molar-refractivity contribution >= 4 is 15.9 Å². The number of likely N-dealkylation sites (N-methyl/N-ethyl adjacent to an activating group) is 1. The highest BCUT2D eigenvalue weighted by Gasteiger charge is 2.14. The minimum Gasteiger partial charge on any atom is -0.383 e. The fourth-order valence-corrected chi connectivity index (χ4v) is 2.80. The molecule has 0 aliphatic rings. The maximum atomic E-state index is 12.1. The van der Waals surface area contributed by atoms with Crippen LogP contribution in [0.5, 0.6) is 0 Å². The Bertz CT molecular complexity index is 587. The normalized spacial score (nSPS) is 11.4. The SMILES string of the molecule is COCCNCC(=O)N(C)CCNS(=O)(=O)c1ccc(C)cc1. The molecule has 0 fully saturated rings. The van der Waals surface area contributed by atoms with Crippen LogP contribution < -0.4 is 10.0 Å². The van der Waals surface area contributed by atoms with Crippen molar-refractivity contribution in [2.24, 2.45) is 0 Å². The zero-order valence-electron chi connectivity index (χ0n) is 13.8. The van der Waals surface area contributed by atoms with Gasteiger partial charge < -0.3 is 15.0 Å². The lowest BCUT2D eigenvalue weighted by Crippen LogP contribution is -2.40. The molecule has 0 aromatic heterocycles. The standard InChI is InChI=1S/C15H25N3O4S/c1-13-4-6-14(7-5-13)23(20,21)17-8-10-18(2)15(19)12-16-9-11-22-3/h4-7,16-17H,8-12H2,1-3H3. The Morgan fingerprint density at radius 1 is 1.22 bits per heavy atom. The van der Waals surface area contributed by atoms with Crippen molar-refractivity contribution < 1.29 is 17.9 Å². The van der Waals surface area contributed by atoms with Crippen molar-refractivity contribution in [2.45, 2.75) is 11.8 Å². The summed E-state index contributed by atoms with van der Waals surface area (Å²) in [5.41, 5.74) is 0.996. The van der Waals surface area contributed by atoms with Gasteiger partial charge in [-0.15, -0.1) is 0 Å². The predicted molar refractivity (Wildman–Crippen MR) is 88.8 cm³/mol. The minimum atomic E-state index is -3.54. The second-order valence-electron chi connectivity index (χ2n) is 5.20. The summed E-state index contributed by atoms with van der Waals surface area (Å²) in [6, 6.07) is 6.62. The van der Waals surface area contributed by atoms with Gasteiger partial charge >= 0.3 is 0 Å². The van der Waals surface area contributed by atoms with Crippen LogP contribution in [0.3, 0.4) is 0 Å². The lowest BCUT2D eigenvalue weighted by Gasteiger charge is -2.18. The third kappa shape index (κ3) is 7.08. The molecule has 0 aliphatic heterocycles. The first-order valence-electron chi connectivity index (χ1n) is 7.37. The number of benzene rings is 1. The Kier molecular flexibility index (Phi) is 8.18. The maximum absolute atomic E-state index is 12.1. The van der Waals surface area contributed by atoms with Crippen LogP contribution in [0.4, 0.5) is 0 Å². The molecule has 1 aromatic rings. The zero-order valence-corrected chi connectivity index (χ0v) is 14.6. The number of rotatable bonds is 10. The third-order valence-electron chi connectivity index (χ3n) is 3.26. The van der Waals surface area contributed by atoms with E-state index in [1.165, 1.54) is 4.90 Å². The fourth-order valence-electron chi connectivity index (χ4n) is 1.78. The number of nitrogens with zero attached hydrogens (tertiary/aromatic N) is 1. The summed E-state index contributed by atoms with van der Waals surface area (Å²) in [6.07, 6.45) is 0. The summed E-state index contributed by atoms with van der Waals surface area (Å²) < 4.78 is 31.6. The van der Waals surface area contributed by atoms with Crippen molar-refractivity contribution in [1.29, 1.82) is 0 Å². The number of hydrogen-bond donors (Lipinski definition) is 2. The van der Waals surface area contributed by atoms with E-state index in [9.17, 15) is 13.2 Å².